The Labute approximate surface area is 115 Å². The van der Waals surface area contributed by atoms with Crippen LogP contribution in [0.4, 0.5) is 5.69 Å². The molecule has 1 aromatic carbocycles. The summed E-state index contributed by atoms with van der Waals surface area (Å²) < 4.78 is 6.80. The average Bonchev–Trinajstić information content (AvgIpc) is 2.77. The minimum Gasteiger partial charge on any atom is -0.462 e. The highest BCUT2D eigenvalue weighted by Gasteiger charge is 2.15. The molecule has 0 unspecified atom stereocenters. The molecule has 1 aromatic heterocycles. The van der Waals surface area contributed by atoms with Gasteiger partial charge in [-0.1, -0.05) is 0 Å². The van der Waals surface area contributed by atoms with Crippen LogP contribution in [0.3, 0.4) is 0 Å². The monoisotopic (exact) mass is 278 g/mol. The van der Waals surface area contributed by atoms with E-state index in [0.717, 1.165) is 4.90 Å². The van der Waals surface area contributed by atoms with Gasteiger partial charge in [-0.2, -0.15) is 0 Å². The number of hydrogen-bond acceptors (Lipinski definition) is 6. The Hall–Kier alpha value is -2.02. The van der Waals surface area contributed by atoms with Gasteiger partial charge in [0, 0.05) is 17.6 Å². The van der Waals surface area contributed by atoms with Crippen molar-refractivity contribution in [1.29, 1.82) is 0 Å². The van der Waals surface area contributed by atoms with E-state index < -0.39 is 0 Å². The molecular formula is C12H14N4O2S. The van der Waals surface area contributed by atoms with Crippen LogP contribution in [-0.2, 0) is 11.8 Å². The summed E-state index contributed by atoms with van der Waals surface area (Å²) in [5, 5.41) is 8.46. The van der Waals surface area contributed by atoms with Gasteiger partial charge in [0.15, 0.2) is 5.16 Å². The zero-order valence-electron chi connectivity index (χ0n) is 10.7. The highest BCUT2D eigenvalue weighted by atomic mass is 32.2. The normalized spacial score (nSPS) is 10.4. The molecule has 1 heterocycles. The number of carbonyl (C=O) groups excluding carboxylic acids is 1. The van der Waals surface area contributed by atoms with E-state index in [4.69, 9.17) is 10.5 Å². The maximum atomic E-state index is 11.9. The molecule has 7 heteroatoms. The van der Waals surface area contributed by atoms with Crippen molar-refractivity contribution in [1.82, 2.24) is 14.8 Å². The van der Waals surface area contributed by atoms with Crippen LogP contribution in [0.25, 0.3) is 0 Å². The number of rotatable bonds is 4. The molecule has 2 N–H and O–H groups in total. The summed E-state index contributed by atoms with van der Waals surface area (Å²) in [6.07, 6.45) is 1.60. The van der Waals surface area contributed by atoms with Gasteiger partial charge in [0.1, 0.15) is 6.33 Å². The minimum atomic E-state index is -0.389. The first-order chi connectivity index (χ1) is 9.11. The molecule has 6 nitrogen and oxygen atoms in total. The van der Waals surface area contributed by atoms with Crippen molar-refractivity contribution in [2.45, 2.75) is 17.0 Å². The number of nitrogen functional groups attached to an aromatic ring is 1. The van der Waals surface area contributed by atoms with Crippen molar-refractivity contribution in [2.24, 2.45) is 7.05 Å². The van der Waals surface area contributed by atoms with E-state index in [1.54, 1.807) is 36.0 Å². The van der Waals surface area contributed by atoms with Crippen molar-refractivity contribution in [3.63, 3.8) is 0 Å². The summed E-state index contributed by atoms with van der Waals surface area (Å²) in [6, 6.07) is 5.12. The van der Waals surface area contributed by atoms with Crippen LogP contribution in [0.5, 0.6) is 0 Å². The molecule has 2 aromatic rings. The lowest BCUT2D eigenvalue weighted by Crippen LogP contribution is -2.07. The predicted molar refractivity (Wildman–Crippen MR) is 71.9 cm³/mol. The third-order valence-electron chi connectivity index (χ3n) is 2.37. The molecule has 0 bridgehead atoms. The van der Waals surface area contributed by atoms with Crippen molar-refractivity contribution < 1.29 is 9.53 Å². The lowest BCUT2D eigenvalue weighted by Gasteiger charge is -2.08. The summed E-state index contributed by atoms with van der Waals surface area (Å²) in [6.45, 7) is 2.08. The van der Waals surface area contributed by atoms with Crippen LogP contribution in [0.2, 0.25) is 0 Å². The Kier molecular flexibility index (Phi) is 4.06. The standard InChI is InChI=1S/C12H14N4O2S/c1-3-18-11(17)9-6-8(13)4-5-10(9)19-12-15-14-7-16(12)2/h4-7H,3,13H2,1-2H3. The Morgan fingerprint density at radius 2 is 2.32 bits per heavy atom. The maximum Gasteiger partial charge on any atom is 0.339 e. The van der Waals surface area contributed by atoms with Gasteiger partial charge >= 0.3 is 5.97 Å². The van der Waals surface area contributed by atoms with Crippen molar-refractivity contribution in [3.05, 3.63) is 30.1 Å². The van der Waals surface area contributed by atoms with Crippen molar-refractivity contribution >= 4 is 23.4 Å². The van der Waals surface area contributed by atoms with Gasteiger partial charge < -0.3 is 15.0 Å². The number of anilines is 1. The quantitative estimate of drug-likeness (QED) is 0.677. The van der Waals surface area contributed by atoms with Crippen molar-refractivity contribution in [3.8, 4) is 0 Å². The number of nitrogens with two attached hydrogens (primary N) is 1. The van der Waals surface area contributed by atoms with Gasteiger partial charge in [-0.25, -0.2) is 4.79 Å². The largest absolute Gasteiger partial charge is 0.462 e. The second-order valence-corrected chi connectivity index (χ2v) is 4.81. The van der Waals surface area contributed by atoms with E-state index in [1.165, 1.54) is 11.8 Å². The topological polar surface area (TPSA) is 83.0 Å². The SMILES string of the molecule is CCOC(=O)c1cc(N)ccc1Sc1nncn1C. The first-order valence-corrected chi connectivity index (χ1v) is 6.52. The van der Waals surface area contributed by atoms with E-state index >= 15 is 0 Å². The van der Waals surface area contributed by atoms with Gasteiger partial charge in [0.05, 0.1) is 12.2 Å². The van der Waals surface area contributed by atoms with Crippen LogP contribution < -0.4 is 5.73 Å². The van der Waals surface area contributed by atoms with Gasteiger partial charge in [0.2, 0.25) is 0 Å². The second-order valence-electron chi connectivity index (χ2n) is 3.80. The predicted octanol–water partition coefficient (Wildman–Crippen LogP) is 1.73. The number of carbonyl (C=O) groups is 1. The summed E-state index contributed by atoms with van der Waals surface area (Å²) in [4.78, 5) is 12.6. The zero-order chi connectivity index (χ0) is 13.8. The number of hydrogen-bond donors (Lipinski definition) is 1. The molecule has 0 saturated heterocycles. The number of aromatic nitrogens is 3. The summed E-state index contributed by atoms with van der Waals surface area (Å²) in [5.74, 6) is -0.389. The third-order valence-corrected chi connectivity index (χ3v) is 3.50. The number of benzene rings is 1. The average molecular weight is 278 g/mol. The Bertz CT molecular complexity index is 597. The maximum absolute atomic E-state index is 11.9. The van der Waals surface area contributed by atoms with E-state index in [9.17, 15) is 4.79 Å². The number of aryl methyl sites for hydroxylation is 1. The van der Waals surface area contributed by atoms with E-state index in [-0.39, 0.29) is 5.97 Å². The van der Waals surface area contributed by atoms with Gasteiger partial charge in [-0.05, 0) is 36.9 Å². The second kappa shape index (κ2) is 5.75. The number of ether oxygens (including phenoxy) is 1. The van der Waals surface area contributed by atoms with Crippen molar-refractivity contribution in [2.75, 3.05) is 12.3 Å². The van der Waals surface area contributed by atoms with Crippen LogP contribution in [0.15, 0.2) is 34.6 Å². The molecule has 0 aliphatic carbocycles. The first kappa shape index (κ1) is 13.4. The van der Waals surface area contributed by atoms with Gasteiger partial charge in [-0.3, -0.25) is 0 Å². The molecule has 2 rings (SSSR count). The smallest absolute Gasteiger partial charge is 0.339 e. The zero-order valence-corrected chi connectivity index (χ0v) is 11.5. The van der Waals surface area contributed by atoms with E-state index in [0.29, 0.717) is 23.0 Å². The molecule has 100 valence electrons. The molecule has 0 aliphatic rings. The Morgan fingerprint density at radius 1 is 1.53 bits per heavy atom. The Morgan fingerprint density at radius 3 is 2.95 bits per heavy atom. The molecule has 0 aliphatic heterocycles. The van der Waals surface area contributed by atoms with Crippen LogP contribution in [0.1, 0.15) is 17.3 Å². The number of esters is 1. The van der Waals surface area contributed by atoms with E-state index in [1.807, 2.05) is 7.05 Å². The minimum absolute atomic E-state index is 0.321. The molecule has 0 fully saturated rings. The lowest BCUT2D eigenvalue weighted by molar-refractivity contribution is 0.0522. The van der Waals surface area contributed by atoms with E-state index in [2.05, 4.69) is 10.2 Å². The number of nitrogens with zero attached hydrogens (tertiary/aromatic N) is 3. The fourth-order valence-corrected chi connectivity index (χ4v) is 2.33. The summed E-state index contributed by atoms with van der Waals surface area (Å²) in [5.41, 5.74) is 6.67. The highest BCUT2D eigenvalue weighted by molar-refractivity contribution is 7.99. The molecule has 0 saturated carbocycles. The molecule has 0 radical (unpaired) electrons. The third kappa shape index (κ3) is 3.05. The molecule has 19 heavy (non-hydrogen) atoms. The first-order valence-electron chi connectivity index (χ1n) is 5.70. The van der Waals surface area contributed by atoms with Gasteiger partial charge in [-0.15, -0.1) is 10.2 Å². The Balaban J connectivity index is 2.34. The molecule has 0 spiro atoms. The fourth-order valence-electron chi connectivity index (χ4n) is 1.47. The lowest BCUT2D eigenvalue weighted by atomic mass is 10.2. The fraction of sp³-hybridized carbons (Fsp3) is 0.250. The van der Waals surface area contributed by atoms with Crippen LogP contribution >= 0.6 is 11.8 Å². The molecular weight excluding hydrogens is 264 g/mol. The van der Waals surface area contributed by atoms with Crippen LogP contribution in [0, 0.1) is 0 Å². The summed E-state index contributed by atoms with van der Waals surface area (Å²) >= 11 is 1.34. The molecule has 0 atom stereocenters. The summed E-state index contributed by atoms with van der Waals surface area (Å²) in [7, 11) is 1.84. The molecule has 0 amide bonds. The van der Waals surface area contributed by atoms with Crippen LogP contribution in [-0.4, -0.2) is 27.3 Å². The highest BCUT2D eigenvalue weighted by Crippen LogP contribution is 2.30. The van der Waals surface area contributed by atoms with Gasteiger partial charge in [0.25, 0.3) is 0 Å².